The SMILES string of the molecule is Cc1c(COc2ccc(CNCCO)cc2C(F)(F)F)cccc1-c1cccc(COc2ccc(CNCCO)cc2C(F)(F)F)c1C. The molecule has 0 unspecified atom stereocenters. The van der Waals surface area contributed by atoms with E-state index in [2.05, 4.69) is 10.6 Å². The van der Waals surface area contributed by atoms with Crippen molar-refractivity contribution in [2.45, 2.75) is 52.5 Å². The molecule has 4 rings (SSSR count). The highest BCUT2D eigenvalue weighted by atomic mass is 19.4. The van der Waals surface area contributed by atoms with Gasteiger partial charge in [-0.05, 0) is 82.6 Å². The monoisotopic (exact) mass is 676 g/mol. The van der Waals surface area contributed by atoms with Crippen LogP contribution >= 0.6 is 0 Å². The van der Waals surface area contributed by atoms with Crippen molar-refractivity contribution >= 4 is 0 Å². The first-order valence-corrected chi connectivity index (χ1v) is 15.3. The summed E-state index contributed by atoms with van der Waals surface area (Å²) in [4.78, 5) is 0. The van der Waals surface area contributed by atoms with Gasteiger partial charge in [-0.3, -0.25) is 0 Å². The van der Waals surface area contributed by atoms with Gasteiger partial charge < -0.3 is 30.3 Å². The molecule has 0 bridgehead atoms. The normalized spacial score (nSPS) is 12.0. The van der Waals surface area contributed by atoms with Gasteiger partial charge >= 0.3 is 12.4 Å². The minimum absolute atomic E-state index is 0.127. The number of nitrogens with one attached hydrogen (secondary N) is 2. The quantitative estimate of drug-likeness (QED) is 0.0780. The summed E-state index contributed by atoms with van der Waals surface area (Å²) in [5.74, 6) is -0.609. The number of hydrogen-bond donors (Lipinski definition) is 4. The predicted octanol–water partition coefficient (Wildman–Crippen LogP) is 7.33. The third-order valence-corrected chi connectivity index (χ3v) is 7.88. The second-order valence-corrected chi connectivity index (χ2v) is 11.2. The van der Waals surface area contributed by atoms with Crippen LogP contribution in [0.1, 0.15) is 44.5 Å². The molecule has 0 aliphatic carbocycles. The second-order valence-electron chi connectivity index (χ2n) is 11.2. The molecule has 258 valence electrons. The summed E-state index contributed by atoms with van der Waals surface area (Å²) in [6.07, 6.45) is -9.28. The average molecular weight is 677 g/mol. The van der Waals surface area contributed by atoms with E-state index >= 15 is 0 Å². The van der Waals surface area contributed by atoms with Crippen LogP contribution in [0.25, 0.3) is 11.1 Å². The van der Waals surface area contributed by atoms with Crippen LogP contribution < -0.4 is 20.1 Å². The van der Waals surface area contributed by atoms with Crippen LogP contribution in [0.5, 0.6) is 11.5 Å². The maximum absolute atomic E-state index is 13.9. The minimum Gasteiger partial charge on any atom is -0.488 e. The Hall–Kier alpha value is -4.10. The summed E-state index contributed by atoms with van der Waals surface area (Å²) in [5, 5.41) is 23.6. The average Bonchev–Trinajstić information content (AvgIpc) is 3.04. The first-order chi connectivity index (χ1) is 22.8. The van der Waals surface area contributed by atoms with Crippen molar-refractivity contribution in [3.05, 3.63) is 117 Å². The van der Waals surface area contributed by atoms with Crippen molar-refractivity contribution in [1.29, 1.82) is 0 Å². The summed E-state index contributed by atoms with van der Waals surface area (Å²) in [6, 6.07) is 18.5. The number of ether oxygens (including phenoxy) is 2. The Kier molecular flexibility index (Phi) is 12.5. The lowest BCUT2D eigenvalue weighted by Gasteiger charge is -2.19. The third-order valence-electron chi connectivity index (χ3n) is 7.88. The van der Waals surface area contributed by atoms with Gasteiger partial charge in [0.05, 0.1) is 24.3 Å². The number of benzene rings is 4. The Morgan fingerprint density at radius 3 is 1.33 bits per heavy atom. The van der Waals surface area contributed by atoms with E-state index in [0.29, 0.717) is 22.3 Å². The largest absolute Gasteiger partial charge is 0.488 e. The van der Waals surface area contributed by atoms with Gasteiger partial charge in [-0.1, -0.05) is 48.5 Å². The number of aliphatic hydroxyl groups is 2. The minimum atomic E-state index is -4.64. The molecule has 0 aliphatic rings. The zero-order chi connectivity index (χ0) is 34.9. The molecule has 0 aliphatic heterocycles. The predicted molar refractivity (Wildman–Crippen MR) is 170 cm³/mol. The fraction of sp³-hybridized carbons (Fsp3) is 0.333. The van der Waals surface area contributed by atoms with E-state index in [0.717, 1.165) is 34.4 Å². The smallest absolute Gasteiger partial charge is 0.419 e. The van der Waals surface area contributed by atoms with E-state index in [9.17, 15) is 26.3 Å². The van der Waals surface area contributed by atoms with Gasteiger partial charge in [-0.25, -0.2) is 0 Å². The maximum atomic E-state index is 13.9. The molecule has 0 heterocycles. The maximum Gasteiger partial charge on any atom is 0.419 e. The van der Waals surface area contributed by atoms with Crippen LogP contribution in [0.15, 0.2) is 72.8 Å². The van der Waals surface area contributed by atoms with Gasteiger partial charge in [0, 0.05) is 26.2 Å². The van der Waals surface area contributed by atoms with Crippen LogP contribution in [0.4, 0.5) is 26.3 Å². The summed E-state index contributed by atoms with van der Waals surface area (Å²) in [7, 11) is 0. The fourth-order valence-electron chi connectivity index (χ4n) is 5.27. The number of halogens is 6. The molecule has 6 nitrogen and oxygen atoms in total. The Morgan fingerprint density at radius 1 is 0.583 bits per heavy atom. The van der Waals surface area contributed by atoms with Gasteiger partial charge in [0.2, 0.25) is 0 Å². The van der Waals surface area contributed by atoms with E-state index in [1.54, 1.807) is 24.3 Å². The van der Waals surface area contributed by atoms with Crippen LogP contribution in [0.2, 0.25) is 0 Å². The van der Waals surface area contributed by atoms with Crippen LogP contribution in [-0.4, -0.2) is 36.5 Å². The molecule has 0 aromatic heterocycles. The van der Waals surface area contributed by atoms with E-state index < -0.39 is 23.5 Å². The highest BCUT2D eigenvalue weighted by molar-refractivity contribution is 5.72. The number of alkyl halides is 6. The third kappa shape index (κ3) is 9.50. The highest BCUT2D eigenvalue weighted by Crippen LogP contribution is 2.39. The van der Waals surface area contributed by atoms with Crippen molar-refractivity contribution in [2.24, 2.45) is 0 Å². The Balaban J connectivity index is 1.54. The van der Waals surface area contributed by atoms with E-state index in [1.165, 1.54) is 24.3 Å². The summed E-state index contributed by atoms with van der Waals surface area (Å²) in [6.45, 7) is 3.98. The van der Waals surface area contributed by atoms with Crippen molar-refractivity contribution in [2.75, 3.05) is 26.3 Å². The van der Waals surface area contributed by atoms with Gasteiger partial charge in [-0.2, -0.15) is 26.3 Å². The van der Waals surface area contributed by atoms with Gasteiger partial charge in [-0.15, -0.1) is 0 Å². The van der Waals surface area contributed by atoms with E-state index in [1.807, 2.05) is 26.0 Å². The van der Waals surface area contributed by atoms with Gasteiger partial charge in [0.1, 0.15) is 24.7 Å². The molecule has 0 amide bonds. The summed E-state index contributed by atoms with van der Waals surface area (Å²) < 4.78 is 94.8. The number of hydrogen-bond acceptors (Lipinski definition) is 6. The van der Waals surface area contributed by atoms with E-state index in [4.69, 9.17) is 19.7 Å². The van der Waals surface area contributed by atoms with Crippen molar-refractivity contribution in [3.8, 4) is 22.6 Å². The zero-order valence-electron chi connectivity index (χ0n) is 26.6. The summed E-state index contributed by atoms with van der Waals surface area (Å²) in [5.41, 5.74) is 3.49. The summed E-state index contributed by atoms with van der Waals surface area (Å²) >= 11 is 0. The number of rotatable bonds is 15. The van der Waals surface area contributed by atoms with Crippen molar-refractivity contribution in [1.82, 2.24) is 10.6 Å². The standard InChI is InChI=1S/C36H38F6N2O4/c1-23-27(21-47-33-11-9-25(19-43-13-15-45)17-31(33)35(37,38)39)5-3-7-29(23)30-8-4-6-28(24(30)2)22-48-34-12-10-26(20-44-14-16-46)18-32(34)36(40,41)42/h3-12,17-18,43-46H,13-16,19-22H2,1-2H3. The Morgan fingerprint density at radius 2 is 0.979 bits per heavy atom. The molecular formula is C36H38F6N2O4. The molecule has 0 saturated heterocycles. The molecule has 0 radical (unpaired) electrons. The molecule has 0 atom stereocenters. The first kappa shape index (κ1) is 36.7. The lowest BCUT2D eigenvalue weighted by molar-refractivity contribution is -0.140. The molecule has 12 heteroatoms. The fourth-order valence-corrected chi connectivity index (χ4v) is 5.27. The topological polar surface area (TPSA) is 83.0 Å². The van der Waals surface area contributed by atoms with E-state index in [-0.39, 0.29) is 64.1 Å². The Bertz CT molecular complexity index is 1550. The molecule has 0 spiro atoms. The van der Waals surface area contributed by atoms with Crippen LogP contribution in [-0.2, 0) is 38.7 Å². The molecule has 0 saturated carbocycles. The molecule has 4 N–H and O–H groups in total. The number of aliphatic hydroxyl groups excluding tert-OH is 2. The first-order valence-electron chi connectivity index (χ1n) is 15.3. The highest BCUT2D eigenvalue weighted by Gasteiger charge is 2.35. The second kappa shape index (κ2) is 16.3. The zero-order valence-corrected chi connectivity index (χ0v) is 26.6. The molecular weight excluding hydrogens is 638 g/mol. The lowest BCUT2D eigenvalue weighted by Crippen LogP contribution is -2.18. The Labute approximate surface area is 275 Å². The van der Waals surface area contributed by atoms with Gasteiger partial charge in [0.15, 0.2) is 0 Å². The van der Waals surface area contributed by atoms with Crippen LogP contribution in [0, 0.1) is 13.8 Å². The lowest BCUT2D eigenvalue weighted by atomic mass is 9.92. The van der Waals surface area contributed by atoms with Gasteiger partial charge in [0.25, 0.3) is 0 Å². The van der Waals surface area contributed by atoms with Crippen LogP contribution in [0.3, 0.4) is 0 Å². The van der Waals surface area contributed by atoms with Crippen molar-refractivity contribution in [3.63, 3.8) is 0 Å². The molecule has 0 fully saturated rings. The molecule has 48 heavy (non-hydrogen) atoms. The van der Waals surface area contributed by atoms with Crippen molar-refractivity contribution < 1.29 is 46.0 Å². The molecule has 4 aromatic rings. The molecule has 4 aromatic carbocycles.